The zero-order valence-corrected chi connectivity index (χ0v) is 14.0. The molecule has 0 saturated carbocycles. The van der Waals surface area contributed by atoms with Gasteiger partial charge in [0.1, 0.15) is 0 Å². The maximum absolute atomic E-state index is 12.0. The third-order valence-corrected chi connectivity index (χ3v) is 4.44. The fourth-order valence-electron chi connectivity index (χ4n) is 2.50. The van der Waals surface area contributed by atoms with Crippen molar-refractivity contribution in [3.63, 3.8) is 0 Å². The Balaban J connectivity index is 1.70. The molecule has 1 aliphatic rings. The van der Waals surface area contributed by atoms with Crippen LogP contribution in [0.15, 0.2) is 28.7 Å². The summed E-state index contributed by atoms with van der Waals surface area (Å²) in [5.74, 6) is 0.0344. The molecule has 1 amide bonds. The Morgan fingerprint density at radius 2 is 2.14 bits per heavy atom. The molecule has 2 rings (SSSR count). The Morgan fingerprint density at radius 1 is 1.43 bits per heavy atom. The molecule has 4 nitrogen and oxygen atoms in total. The number of carbonyl (C=O) groups excluding carboxylic acids is 1. The predicted octanol–water partition coefficient (Wildman–Crippen LogP) is 2.79. The summed E-state index contributed by atoms with van der Waals surface area (Å²) in [4.78, 5) is 12.0. The molecule has 0 radical (unpaired) electrons. The highest BCUT2D eigenvalue weighted by molar-refractivity contribution is 9.10. The van der Waals surface area contributed by atoms with Crippen molar-refractivity contribution < 1.29 is 9.53 Å². The molecule has 1 aromatic rings. The van der Waals surface area contributed by atoms with Crippen LogP contribution >= 0.6 is 15.9 Å². The lowest BCUT2D eigenvalue weighted by Crippen LogP contribution is -2.33. The largest absolute Gasteiger partial charge is 0.378 e. The lowest BCUT2D eigenvalue weighted by atomic mass is 10.1. The number of hydrogen-bond acceptors (Lipinski definition) is 3. The molecule has 2 N–H and O–H groups in total. The van der Waals surface area contributed by atoms with Gasteiger partial charge in [-0.2, -0.15) is 0 Å². The first-order valence-electron chi connectivity index (χ1n) is 7.53. The van der Waals surface area contributed by atoms with E-state index >= 15 is 0 Å². The van der Waals surface area contributed by atoms with Crippen LogP contribution in [0.25, 0.3) is 0 Å². The van der Waals surface area contributed by atoms with E-state index in [2.05, 4.69) is 26.6 Å². The number of carbonyl (C=O) groups is 1. The van der Waals surface area contributed by atoms with Gasteiger partial charge in [0.05, 0.1) is 18.8 Å². The van der Waals surface area contributed by atoms with Crippen molar-refractivity contribution in [2.24, 2.45) is 0 Å². The number of hydrogen-bond donors (Lipinski definition) is 2. The van der Waals surface area contributed by atoms with Gasteiger partial charge in [-0.3, -0.25) is 4.79 Å². The molecule has 1 atom stereocenters. The van der Waals surface area contributed by atoms with Crippen LogP contribution in [0, 0.1) is 0 Å². The van der Waals surface area contributed by atoms with Crippen LogP contribution < -0.4 is 10.6 Å². The standard InChI is InChI=1S/C16H23BrN2O2/c1-12(14-4-2-3-5-15(14)17)19-16(20)8-11-21-13-6-9-18-10-7-13/h2-5,12-13,18H,6-11H2,1H3,(H,19,20)/t12-/m0/s1. The highest BCUT2D eigenvalue weighted by Crippen LogP contribution is 2.22. The molecule has 0 aromatic heterocycles. The minimum Gasteiger partial charge on any atom is -0.378 e. The molecule has 0 aliphatic carbocycles. The highest BCUT2D eigenvalue weighted by Gasteiger charge is 2.15. The number of ether oxygens (including phenoxy) is 1. The number of halogens is 1. The summed E-state index contributed by atoms with van der Waals surface area (Å²) in [6, 6.07) is 7.93. The van der Waals surface area contributed by atoms with Crippen LogP contribution in [-0.2, 0) is 9.53 Å². The minimum absolute atomic E-state index is 0.00745. The number of nitrogens with one attached hydrogen (secondary N) is 2. The van der Waals surface area contributed by atoms with Crippen LogP contribution in [0.2, 0.25) is 0 Å². The van der Waals surface area contributed by atoms with Gasteiger partial charge in [-0.1, -0.05) is 34.1 Å². The molecule has 1 aliphatic heterocycles. The Kier molecular flexibility index (Phi) is 6.67. The molecular formula is C16H23BrN2O2. The maximum atomic E-state index is 12.0. The van der Waals surface area contributed by atoms with Gasteiger partial charge in [0.25, 0.3) is 0 Å². The minimum atomic E-state index is -0.00745. The quantitative estimate of drug-likeness (QED) is 0.825. The smallest absolute Gasteiger partial charge is 0.222 e. The van der Waals surface area contributed by atoms with Gasteiger partial charge in [-0.05, 0) is 44.5 Å². The van der Waals surface area contributed by atoms with Crippen molar-refractivity contribution in [1.82, 2.24) is 10.6 Å². The summed E-state index contributed by atoms with van der Waals surface area (Å²) in [7, 11) is 0. The first kappa shape index (κ1) is 16.5. The monoisotopic (exact) mass is 354 g/mol. The summed E-state index contributed by atoms with van der Waals surface area (Å²) in [6.07, 6.45) is 2.79. The SMILES string of the molecule is C[C@H](NC(=O)CCOC1CCNCC1)c1ccccc1Br. The van der Waals surface area contributed by atoms with E-state index in [4.69, 9.17) is 4.74 Å². The van der Waals surface area contributed by atoms with Crippen molar-refractivity contribution in [2.45, 2.75) is 38.3 Å². The van der Waals surface area contributed by atoms with Crippen LogP contribution in [0.5, 0.6) is 0 Å². The molecule has 5 heteroatoms. The number of rotatable bonds is 6. The third-order valence-electron chi connectivity index (χ3n) is 3.72. The van der Waals surface area contributed by atoms with Crippen molar-refractivity contribution in [3.8, 4) is 0 Å². The first-order chi connectivity index (χ1) is 10.2. The van der Waals surface area contributed by atoms with Gasteiger partial charge < -0.3 is 15.4 Å². The van der Waals surface area contributed by atoms with Crippen LogP contribution in [-0.4, -0.2) is 31.7 Å². The number of amides is 1. The van der Waals surface area contributed by atoms with E-state index in [0.29, 0.717) is 19.1 Å². The normalized spacial score (nSPS) is 17.4. The fraction of sp³-hybridized carbons (Fsp3) is 0.562. The van der Waals surface area contributed by atoms with E-state index in [1.807, 2.05) is 31.2 Å². The van der Waals surface area contributed by atoms with E-state index in [1.54, 1.807) is 0 Å². The van der Waals surface area contributed by atoms with Gasteiger partial charge >= 0.3 is 0 Å². The summed E-state index contributed by atoms with van der Waals surface area (Å²) in [5.41, 5.74) is 1.09. The molecule has 0 unspecified atom stereocenters. The molecule has 1 heterocycles. The Morgan fingerprint density at radius 3 is 2.86 bits per heavy atom. The van der Waals surface area contributed by atoms with E-state index in [1.165, 1.54) is 0 Å². The molecule has 1 saturated heterocycles. The predicted molar refractivity (Wildman–Crippen MR) is 87.2 cm³/mol. The van der Waals surface area contributed by atoms with Gasteiger partial charge in [0, 0.05) is 10.9 Å². The molecule has 21 heavy (non-hydrogen) atoms. The van der Waals surface area contributed by atoms with E-state index in [0.717, 1.165) is 36.0 Å². The van der Waals surface area contributed by atoms with Crippen molar-refractivity contribution in [2.75, 3.05) is 19.7 Å². The first-order valence-corrected chi connectivity index (χ1v) is 8.32. The topological polar surface area (TPSA) is 50.4 Å². The van der Waals surface area contributed by atoms with E-state index in [9.17, 15) is 4.79 Å². The molecule has 0 spiro atoms. The average molecular weight is 355 g/mol. The van der Waals surface area contributed by atoms with Crippen LogP contribution in [0.1, 0.15) is 37.8 Å². The Bertz CT molecular complexity index is 461. The molecule has 116 valence electrons. The second-order valence-electron chi connectivity index (χ2n) is 5.38. The highest BCUT2D eigenvalue weighted by atomic mass is 79.9. The van der Waals surface area contributed by atoms with Crippen molar-refractivity contribution in [1.29, 1.82) is 0 Å². The van der Waals surface area contributed by atoms with Gasteiger partial charge in [-0.15, -0.1) is 0 Å². The lowest BCUT2D eigenvalue weighted by Gasteiger charge is -2.23. The Labute approximate surface area is 134 Å². The summed E-state index contributed by atoms with van der Waals surface area (Å²) in [5, 5.41) is 6.31. The van der Waals surface area contributed by atoms with E-state index in [-0.39, 0.29) is 11.9 Å². The second-order valence-corrected chi connectivity index (χ2v) is 6.24. The molecule has 1 aromatic carbocycles. The van der Waals surface area contributed by atoms with Crippen molar-refractivity contribution in [3.05, 3.63) is 34.3 Å². The zero-order valence-electron chi connectivity index (χ0n) is 12.4. The number of piperidine rings is 1. The molecular weight excluding hydrogens is 332 g/mol. The maximum Gasteiger partial charge on any atom is 0.222 e. The van der Waals surface area contributed by atoms with E-state index < -0.39 is 0 Å². The summed E-state index contributed by atoms with van der Waals surface area (Å²) < 4.78 is 6.77. The van der Waals surface area contributed by atoms with Crippen LogP contribution in [0.3, 0.4) is 0 Å². The van der Waals surface area contributed by atoms with Gasteiger partial charge in [-0.25, -0.2) is 0 Å². The molecule has 1 fully saturated rings. The lowest BCUT2D eigenvalue weighted by molar-refractivity contribution is -0.123. The van der Waals surface area contributed by atoms with Crippen LogP contribution in [0.4, 0.5) is 0 Å². The van der Waals surface area contributed by atoms with Gasteiger partial charge in [0.2, 0.25) is 5.91 Å². The average Bonchev–Trinajstić information content (AvgIpc) is 2.48. The summed E-state index contributed by atoms with van der Waals surface area (Å²) >= 11 is 3.51. The van der Waals surface area contributed by atoms with Gasteiger partial charge in [0.15, 0.2) is 0 Å². The second kappa shape index (κ2) is 8.51. The van der Waals surface area contributed by atoms with Crippen molar-refractivity contribution >= 4 is 21.8 Å². The molecule has 0 bridgehead atoms. The number of benzene rings is 1. The third kappa shape index (κ3) is 5.41. The fourth-order valence-corrected chi connectivity index (χ4v) is 3.13. The Hall–Kier alpha value is -0.910. The zero-order chi connectivity index (χ0) is 15.1. The summed E-state index contributed by atoms with van der Waals surface area (Å²) in [6.45, 7) is 4.51.